The highest BCUT2D eigenvalue weighted by molar-refractivity contribution is 7.07. The molecule has 78 valence electrons. The Morgan fingerprint density at radius 3 is 3.20 bits per heavy atom. The van der Waals surface area contributed by atoms with Crippen LogP contribution in [0.4, 0.5) is 4.79 Å². The molecule has 1 amide bonds. The van der Waals surface area contributed by atoms with Crippen molar-refractivity contribution in [2.75, 3.05) is 6.54 Å². The number of aromatic nitrogens is 3. The van der Waals surface area contributed by atoms with Gasteiger partial charge in [-0.2, -0.15) is 0 Å². The van der Waals surface area contributed by atoms with Crippen molar-refractivity contribution in [2.45, 2.75) is 6.42 Å². The second kappa shape index (κ2) is 4.70. The summed E-state index contributed by atoms with van der Waals surface area (Å²) < 4.78 is 1.40. The first-order chi connectivity index (χ1) is 7.36. The van der Waals surface area contributed by atoms with Gasteiger partial charge < -0.3 is 5.32 Å². The molecule has 15 heavy (non-hydrogen) atoms. The van der Waals surface area contributed by atoms with E-state index >= 15 is 0 Å². The fourth-order valence-electron chi connectivity index (χ4n) is 1.13. The quantitative estimate of drug-likeness (QED) is 0.847. The third-order valence-corrected chi connectivity index (χ3v) is 2.52. The van der Waals surface area contributed by atoms with E-state index in [9.17, 15) is 4.79 Å². The molecule has 0 aliphatic heterocycles. The van der Waals surface area contributed by atoms with Gasteiger partial charge in [0.25, 0.3) is 0 Å². The molecule has 2 aromatic heterocycles. The number of nitrogens with one attached hydrogen (secondary N) is 1. The van der Waals surface area contributed by atoms with Crippen molar-refractivity contribution in [1.29, 1.82) is 0 Å². The number of amides is 1. The third-order valence-electron chi connectivity index (χ3n) is 1.88. The molecule has 1 N–H and O–H groups in total. The number of carbonyl (C=O) groups excluding carboxylic acids is 1. The summed E-state index contributed by atoms with van der Waals surface area (Å²) >= 11 is 1.56. The molecule has 0 aliphatic carbocycles. The Kier molecular flexibility index (Phi) is 3.08. The predicted octanol–water partition coefficient (Wildman–Crippen LogP) is 1.14. The van der Waals surface area contributed by atoms with Crippen LogP contribution in [0.15, 0.2) is 29.6 Å². The molecule has 2 heterocycles. The molecule has 0 spiro atoms. The zero-order valence-corrected chi connectivity index (χ0v) is 8.78. The van der Waals surface area contributed by atoms with Gasteiger partial charge in [0.05, 0.1) is 11.2 Å². The Hall–Kier alpha value is -1.69. The highest BCUT2D eigenvalue weighted by Crippen LogP contribution is 2.00. The van der Waals surface area contributed by atoms with Gasteiger partial charge in [-0.15, -0.1) is 11.3 Å². The van der Waals surface area contributed by atoms with Gasteiger partial charge in [0.15, 0.2) is 0 Å². The lowest BCUT2D eigenvalue weighted by Gasteiger charge is -2.03. The van der Waals surface area contributed by atoms with Crippen LogP contribution in [0.1, 0.15) is 5.69 Å². The maximum absolute atomic E-state index is 11.4. The van der Waals surface area contributed by atoms with Crippen molar-refractivity contribution in [1.82, 2.24) is 19.9 Å². The smallest absolute Gasteiger partial charge is 0.326 e. The normalized spacial score (nSPS) is 10.1. The van der Waals surface area contributed by atoms with Gasteiger partial charge in [-0.1, -0.05) is 0 Å². The van der Waals surface area contributed by atoms with Gasteiger partial charge >= 0.3 is 6.03 Å². The number of carbonyl (C=O) groups is 1. The fourth-order valence-corrected chi connectivity index (χ4v) is 1.72. The van der Waals surface area contributed by atoms with Crippen LogP contribution < -0.4 is 5.32 Å². The molecule has 0 saturated carbocycles. The molecule has 0 unspecified atom stereocenters. The first-order valence-corrected chi connectivity index (χ1v) is 5.44. The molecule has 2 rings (SSSR count). The van der Waals surface area contributed by atoms with Gasteiger partial charge in [-0.05, 0) is 0 Å². The molecule has 0 atom stereocenters. The zero-order valence-electron chi connectivity index (χ0n) is 7.96. The molecule has 5 nitrogen and oxygen atoms in total. The van der Waals surface area contributed by atoms with Crippen LogP contribution in [0.2, 0.25) is 0 Å². The van der Waals surface area contributed by atoms with Crippen molar-refractivity contribution in [2.24, 2.45) is 0 Å². The number of imidazole rings is 1. The van der Waals surface area contributed by atoms with E-state index < -0.39 is 0 Å². The fraction of sp³-hybridized carbons (Fsp3) is 0.222. The lowest BCUT2D eigenvalue weighted by molar-refractivity contribution is 0.242. The Labute approximate surface area is 90.8 Å². The van der Waals surface area contributed by atoms with E-state index in [-0.39, 0.29) is 6.03 Å². The second-order valence-electron chi connectivity index (χ2n) is 2.93. The molecule has 0 aliphatic rings. The Balaban J connectivity index is 1.77. The molecular formula is C9H10N4OS. The summed E-state index contributed by atoms with van der Waals surface area (Å²) in [5.74, 6) is 0. The van der Waals surface area contributed by atoms with E-state index in [0.29, 0.717) is 6.54 Å². The van der Waals surface area contributed by atoms with Crippen molar-refractivity contribution in [3.05, 3.63) is 35.3 Å². The highest BCUT2D eigenvalue weighted by Gasteiger charge is 2.02. The monoisotopic (exact) mass is 222 g/mol. The van der Waals surface area contributed by atoms with E-state index in [1.165, 1.54) is 10.9 Å². The van der Waals surface area contributed by atoms with Crippen LogP contribution in [0, 0.1) is 0 Å². The average molecular weight is 222 g/mol. The highest BCUT2D eigenvalue weighted by atomic mass is 32.1. The molecule has 0 radical (unpaired) electrons. The van der Waals surface area contributed by atoms with E-state index in [2.05, 4.69) is 15.3 Å². The number of nitrogens with zero attached hydrogens (tertiary/aromatic N) is 3. The van der Waals surface area contributed by atoms with E-state index in [1.54, 1.807) is 29.2 Å². The van der Waals surface area contributed by atoms with E-state index in [1.807, 2.05) is 5.38 Å². The maximum Gasteiger partial charge on any atom is 0.326 e. The van der Waals surface area contributed by atoms with Crippen LogP contribution >= 0.6 is 11.3 Å². The second-order valence-corrected chi connectivity index (χ2v) is 3.65. The van der Waals surface area contributed by atoms with Crippen LogP contribution in [0.25, 0.3) is 0 Å². The lowest BCUT2D eigenvalue weighted by Crippen LogP contribution is -2.29. The van der Waals surface area contributed by atoms with Crippen LogP contribution in [-0.4, -0.2) is 27.1 Å². The molecule has 6 heteroatoms. The van der Waals surface area contributed by atoms with Gasteiger partial charge in [0, 0.05) is 30.7 Å². The van der Waals surface area contributed by atoms with Gasteiger partial charge in [0.1, 0.15) is 6.33 Å². The average Bonchev–Trinajstić information content (AvgIpc) is 2.90. The molecule has 0 fully saturated rings. The van der Waals surface area contributed by atoms with Crippen molar-refractivity contribution >= 4 is 17.4 Å². The Bertz CT molecular complexity index is 409. The summed E-state index contributed by atoms with van der Waals surface area (Å²) in [4.78, 5) is 19.3. The third kappa shape index (κ3) is 2.63. The molecule has 0 bridgehead atoms. The number of hydrogen-bond donors (Lipinski definition) is 1. The van der Waals surface area contributed by atoms with Crippen LogP contribution in [0.5, 0.6) is 0 Å². The Morgan fingerprint density at radius 1 is 1.60 bits per heavy atom. The summed E-state index contributed by atoms with van der Waals surface area (Å²) in [6, 6.07) is -0.164. The topological polar surface area (TPSA) is 59.8 Å². The standard InChI is InChI=1S/C9H10N4OS/c14-9(13-4-3-10-6-13)11-2-1-8-5-15-7-12-8/h3-7H,1-2H2,(H,11,14). The van der Waals surface area contributed by atoms with E-state index in [4.69, 9.17) is 0 Å². The molecule has 0 aromatic carbocycles. The predicted molar refractivity (Wildman–Crippen MR) is 56.8 cm³/mol. The van der Waals surface area contributed by atoms with Crippen molar-refractivity contribution < 1.29 is 4.79 Å². The van der Waals surface area contributed by atoms with Crippen LogP contribution in [-0.2, 0) is 6.42 Å². The number of rotatable bonds is 3. The van der Waals surface area contributed by atoms with Crippen LogP contribution in [0.3, 0.4) is 0 Å². The zero-order chi connectivity index (χ0) is 10.5. The Morgan fingerprint density at radius 2 is 2.53 bits per heavy atom. The minimum Gasteiger partial charge on any atom is -0.337 e. The largest absolute Gasteiger partial charge is 0.337 e. The van der Waals surface area contributed by atoms with Gasteiger partial charge in [-0.25, -0.2) is 14.8 Å². The molecule has 0 saturated heterocycles. The van der Waals surface area contributed by atoms with Crippen molar-refractivity contribution in [3.8, 4) is 0 Å². The lowest BCUT2D eigenvalue weighted by atomic mass is 10.3. The first-order valence-electron chi connectivity index (χ1n) is 4.49. The van der Waals surface area contributed by atoms with Gasteiger partial charge in [-0.3, -0.25) is 4.57 Å². The maximum atomic E-state index is 11.4. The number of thiazole rings is 1. The summed E-state index contributed by atoms with van der Waals surface area (Å²) in [6.45, 7) is 0.584. The van der Waals surface area contributed by atoms with Crippen molar-refractivity contribution in [3.63, 3.8) is 0 Å². The SMILES string of the molecule is O=C(NCCc1cscn1)n1ccnc1. The molecular weight excluding hydrogens is 212 g/mol. The molecule has 2 aromatic rings. The summed E-state index contributed by atoms with van der Waals surface area (Å²) in [5, 5.41) is 4.75. The minimum absolute atomic E-state index is 0.164. The van der Waals surface area contributed by atoms with Gasteiger partial charge in [0.2, 0.25) is 0 Å². The van der Waals surface area contributed by atoms with E-state index in [0.717, 1.165) is 12.1 Å². The summed E-state index contributed by atoms with van der Waals surface area (Å²) in [7, 11) is 0. The first kappa shape index (κ1) is 9.85. The number of hydrogen-bond acceptors (Lipinski definition) is 4. The minimum atomic E-state index is -0.164. The summed E-state index contributed by atoms with van der Waals surface area (Å²) in [5.41, 5.74) is 2.79. The summed E-state index contributed by atoms with van der Waals surface area (Å²) in [6.07, 6.45) is 5.40.